The second kappa shape index (κ2) is 6.05. The summed E-state index contributed by atoms with van der Waals surface area (Å²) in [6.45, 7) is 3.72. The van der Waals surface area contributed by atoms with Crippen LogP contribution in [-0.4, -0.2) is 33.1 Å². The van der Waals surface area contributed by atoms with Crippen LogP contribution in [0.1, 0.15) is 32.5 Å². The molecule has 1 unspecified atom stereocenters. The van der Waals surface area contributed by atoms with Crippen LogP contribution in [0, 0.1) is 0 Å². The van der Waals surface area contributed by atoms with Gasteiger partial charge >= 0.3 is 0 Å². The van der Waals surface area contributed by atoms with Crippen molar-refractivity contribution in [2.45, 2.75) is 38.6 Å². The summed E-state index contributed by atoms with van der Waals surface area (Å²) in [5, 5.41) is 12.1. The third-order valence-electron chi connectivity index (χ3n) is 3.60. The molecular weight excluding hydrogens is 254 g/mol. The molecule has 0 fully saturated rings. The van der Waals surface area contributed by atoms with E-state index in [1.165, 1.54) is 0 Å². The second-order valence-corrected chi connectivity index (χ2v) is 5.32. The Morgan fingerprint density at radius 1 is 1.45 bits per heavy atom. The lowest BCUT2D eigenvalue weighted by atomic mass is 10.00. The van der Waals surface area contributed by atoms with Gasteiger partial charge in [0, 0.05) is 12.8 Å². The highest BCUT2D eigenvalue weighted by Gasteiger charge is 2.22. The Bertz CT molecular complexity index is 555. The molecule has 3 N–H and O–H groups in total. The molecule has 1 aromatic heterocycles. The lowest BCUT2D eigenvalue weighted by Gasteiger charge is -2.27. The van der Waals surface area contributed by atoms with E-state index in [4.69, 9.17) is 0 Å². The van der Waals surface area contributed by atoms with E-state index in [-0.39, 0.29) is 12.5 Å². The average Bonchev–Trinajstić information content (AvgIpc) is 2.88. The number of para-hydroxylation sites is 2. The standard InChI is InChI=1S/C15H21N3O2/c1-3-15(2,10-19)18-14(20)9-8-13-16-11-6-4-5-7-12(11)17-13/h4-7,19H,3,8-10H2,1-2H3,(H,16,17)(H,18,20). The van der Waals surface area contributed by atoms with Gasteiger partial charge in [-0.3, -0.25) is 4.79 Å². The third kappa shape index (κ3) is 3.36. The van der Waals surface area contributed by atoms with Crippen molar-refractivity contribution in [1.29, 1.82) is 0 Å². The first kappa shape index (κ1) is 14.5. The maximum atomic E-state index is 11.9. The molecule has 1 atom stereocenters. The highest BCUT2D eigenvalue weighted by molar-refractivity contribution is 5.77. The number of nitrogens with one attached hydrogen (secondary N) is 2. The van der Waals surface area contributed by atoms with Crippen molar-refractivity contribution in [3.05, 3.63) is 30.1 Å². The first-order valence-electron chi connectivity index (χ1n) is 6.92. The first-order valence-corrected chi connectivity index (χ1v) is 6.92. The number of aliphatic hydroxyl groups excluding tert-OH is 1. The first-order chi connectivity index (χ1) is 9.56. The van der Waals surface area contributed by atoms with Gasteiger partial charge in [0.25, 0.3) is 0 Å². The fourth-order valence-corrected chi connectivity index (χ4v) is 1.99. The molecule has 2 aromatic rings. The predicted octanol–water partition coefficient (Wildman–Crippen LogP) is 1.77. The Labute approximate surface area is 118 Å². The smallest absolute Gasteiger partial charge is 0.220 e. The quantitative estimate of drug-likeness (QED) is 0.752. The van der Waals surface area contributed by atoms with Gasteiger partial charge < -0.3 is 15.4 Å². The molecule has 0 spiro atoms. The molecule has 0 saturated carbocycles. The maximum Gasteiger partial charge on any atom is 0.220 e. The van der Waals surface area contributed by atoms with E-state index < -0.39 is 5.54 Å². The second-order valence-electron chi connectivity index (χ2n) is 5.32. The van der Waals surface area contributed by atoms with Gasteiger partial charge in [-0.15, -0.1) is 0 Å². The SMILES string of the molecule is CCC(C)(CO)NC(=O)CCc1nc2ccccc2[nH]1. The molecule has 0 aliphatic carbocycles. The maximum absolute atomic E-state index is 11.9. The van der Waals surface area contributed by atoms with Crippen molar-refractivity contribution in [2.75, 3.05) is 6.61 Å². The highest BCUT2D eigenvalue weighted by atomic mass is 16.3. The summed E-state index contributed by atoms with van der Waals surface area (Å²) in [4.78, 5) is 19.5. The average molecular weight is 275 g/mol. The third-order valence-corrected chi connectivity index (χ3v) is 3.60. The van der Waals surface area contributed by atoms with Crippen LogP contribution in [0.15, 0.2) is 24.3 Å². The van der Waals surface area contributed by atoms with Gasteiger partial charge in [0.1, 0.15) is 5.82 Å². The number of carbonyl (C=O) groups is 1. The summed E-state index contributed by atoms with van der Waals surface area (Å²) in [7, 11) is 0. The summed E-state index contributed by atoms with van der Waals surface area (Å²) < 4.78 is 0. The number of aliphatic hydroxyl groups is 1. The summed E-state index contributed by atoms with van der Waals surface area (Å²) in [6, 6.07) is 7.79. The number of amides is 1. The lowest BCUT2D eigenvalue weighted by Crippen LogP contribution is -2.48. The van der Waals surface area contributed by atoms with Gasteiger partial charge in [-0.1, -0.05) is 19.1 Å². The number of nitrogens with zero attached hydrogens (tertiary/aromatic N) is 1. The Morgan fingerprint density at radius 3 is 2.85 bits per heavy atom. The number of aromatic nitrogens is 2. The van der Waals surface area contributed by atoms with Crippen LogP contribution in [0.3, 0.4) is 0 Å². The Hall–Kier alpha value is -1.88. The minimum Gasteiger partial charge on any atom is -0.394 e. The minimum absolute atomic E-state index is 0.0557. The van der Waals surface area contributed by atoms with Crippen LogP contribution >= 0.6 is 0 Å². The zero-order valence-corrected chi connectivity index (χ0v) is 11.9. The van der Waals surface area contributed by atoms with Crippen LogP contribution in [0.4, 0.5) is 0 Å². The highest BCUT2D eigenvalue weighted by Crippen LogP contribution is 2.12. The van der Waals surface area contributed by atoms with Gasteiger partial charge in [-0.2, -0.15) is 0 Å². The molecule has 108 valence electrons. The van der Waals surface area contributed by atoms with Crippen LogP contribution in [0.25, 0.3) is 11.0 Å². The summed E-state index contributed by atoms with van der Waals surface area (Å²) in [5.41, 5.74) is 1.36. The molecule has 0 aliphatic heterocycles. The fraction of sp³-hybridized carbons (Fsp3) is 0.467. The number of benzene rings is 1. The topological polar surface area (TPSA) is 78.0 Å². The normalized spacial score (nSPS) is 14.2. The molecule has 0 aliphatic rings. The molecule has 1 aromatic carbocycles. The van der Waals surface area contributed by atoms with E-state index >= 15 is 0 Å². The molecule has 2 rings (SSSR count). The number of hydrogen-bond acceptors (Lipinski definition) is 3. The number of hydrogen-bond donors (Lipinski definition) is 3. The minimum atomic E-state index is -0.537. The van der Waals surface area contributed by atoms with Crippen LogP contribution in [0.5, 0.6) is 0 Å². The van der Waals surface area contributed by atoms with Crippen LogP contribution in [-0.2, 0) is 11.2 Å². The molecule has 1 amide bonds. The van der Waals surface area contributed by atoms with E-state index in [9.17, 15) is 9.90 Å². The van der Waals surface area contributed by atoms with E-state index in [2.05, 4.69) is 15.3 Å². The number of aryl methyl sites for hydroxylation is 1. The van der Waals surface area contributed by atoms with Gasteiger partial charge in [-0.25, -0.2) is 4.98 Å². The molecule has 0 saturated heterocycles. The van der Waals surface area contributed by atoms with Crippen LogP contribution in [0.2, 0.25) is 0 Å². The number of rotatable bonds is 6. The fourth-order valence-electron chi connectivity index (χ4n) is 1.99. The molecule has 20 heavy (non-hydrogen) atoms. The number of H-pyrrole nitrogens is 1. The Balaban J connectivity index is 1.93. The Kier molecular flexibility index (Phi) is 4.39. The van der Waals surface area contributed by atoms with E-state index in [0.717, 1.165) is 16.9 Å². The zero-order chi connectivity index (χ0) is 14.6. The molecule has 5 heteroatoms. The Morgan fingerprint density at radius 2 is 2.20 bits per heavy atom. The van der Waals surface area contributed by atoms with Gasteiger partial charge in [0.05, 0.1) is 23.2 Å². The van der Waals surface area contributed by atoms with Gasteiger partial charge in [0.15, 0.2) is 0 Å². The van der Waals surface area contributed by atoms with Crippen molar-refractivity contribution >= 4 is 16.9 Å². The number of aromatic amines is 1. The summed E-state index contributed by atoms with van der Waals surface area (Å²) in [6.07, 6.45) is 1.61. The largest absolute Gasteiger partial charge is 0.394 e. The van der Waals surface area contributed by atoms with Crippen molar-refractivity contribution in [2.24, 2.45) is 0 Å². The monoisotopic (exact) mass is 275 g/mol. The van der Waals surface area contributed by atoms with E-state index in [1.807, 2.05) is 38.1 Å². The molecule has 5 nitrogen and oxygen atoms in total. The van der Waals surface area contributed by atoms with Crippen molar-refractivity contribution < 1.29 is 9.90 Å². The van der Waals surface area contributed by atoms with E-state index in [1.54, 1.807) is 0 Å². The van der Waals surface area contributed by atoms with Gasteiger partial charge in [0.2, 0.25) is 5.91 Å². The number of fused-ring (bicyclic) bond motifs is 1. The molecule has 0 bridgehead atoms. The van der Waals surface area contributed by atoms with Crippen LogP contribution < -0.4 is 5.32 Å². The van der Waals surface area contributed by atoms with Crippen molar-refractivity contribution in [1.82, 2.24) is 15.3 Å². The molecule has 0 radical (unpaired) electrons. The summed E-state index contributed by atoms with van der Waals surface area (Å²) in [5.74, 6) is 0.743. The van der Waals surface area contributed by atoms with Crippen molar-refractivity contribution in [3.8, 4) is 0 Å². The predicted molar refractivity (Wildman–Crippen MR) is 78.3 cm³/mol. The zero-order valence-electron chi connectivity index (χ0n) is 11.9. The lowest BCUT2D eigenvalue weighted by molar-refractivity contribution is -0.123. The van der Waals surface area contributed by atoms with Crippen molar-refractivity contribution in [3.63, 3.8) is 0 Å². The number of imidazole rings is 1. The molecular formula is C15H21N3O2. The summed E-state index contributed by atoms with van der Waals surface area (Å²) >= 11 is 0. The molecule has 1 heterocycles. The number of carbonyl (C=O) groups excluding carboxylic acids is 1. The van der Waals surface area contributed by atoms with E-state index in [0.29, 0.717) is 19.3 Å². The van der Waals surface area contributed by atoms with Gasteiger partial charge in [-0.05, 0) is 25.5 Å².